The summed E-state index contributed by atoms with van der Waals surface area (Å²) >= 11 is 5.42. The molecule has 0 aromatic rings. The zero-order valence-corrected chi connectivity index (χ0v) is 11.5. The molecular weight excluding hydrogens is 234 g/mol. The van der Waals surface area contributed by atoms with Gasteiger partial charge in [0.2, 0.25) is 0 Å². The number of thiocarbonyl (C=S) groups is 1. The summed E-state index contributed by atoms with van der Waals surface area (Å²) in [5.74, 6) is 0. The van der Waals surface area contributed by atoms with Crippen molar-refractivity contribution in [3.8, 4) is 0 Å². The van der Waals surface area contributed by atoms with E-state index in [1.165, 1.54) is 12.8 Å². The monoisotopic (exact) mass is 257 g/mol. The minimum Gasteiger partial charge on any atom is -0.376 e. The van der Waals surface area contributed by atoms with Gasteiger partial charge in [0.15, 0.2) is 5.11 Å². The van der Waals surface area contributed by atoms with Crippen molar-refractivity contribution in [2.75, 3.05) is 45.9 Å². The summed E-state index contributed by atoms with van der Waals surface area (Å²) in [5.41, 5.74) is 0. The second-order valence-electron chi connectivity index (χ2n) is 4.74. The lowest BCUT2D eigenvalue weighted by atomic mass is 10.2. The number of rotatable bonds is 3. The Morgan fingerprint density at radius 2 is 2.12 bits per heavy atom. The van der Waals surface area contributed by atoms with Crippen LogP contribution >= 0.6 is 12.2 Å². The van der Waals surface area contributed by atoms with Gasteiger partial charge in [0.1, 0.15) is 0 Å². The Morgan fingerprint density at radius 3 is 2.71 bits per heavy atom. The molecule has 98 valence electrons. The molecular formula is C12H23N3OS. The van der Waals surface area contributed by atoms with Gasteiger partial charge in [-0.25, -0.2) is 0 Å². The molecule has 1 N–H and O–H groups in total. The number of nitrogens with zero attached hydrogens (tertiary/aromatic N) is 2. The molecule has 2 aliphatic heterocycles. The second kappa shape index (κ2) is 6.52. The number of likely N-dealkylation sites (N-methyl/N-ethyl adjacent to an activating group) is 1. The largest absolute Gasteiger partial charge is 0.376 e. The molecule has 2 fully saturated rings. The maximum atomic E-state index is 5.58. The maximum Gasteiger partial charge on any atom is 0.169 e. The molecule has 0 saturated carbocycles. The van der Waals surface area contributed by atoms with Gasteiger partial charge < -0.3 is 19.9 Å². The van der Waals surface area contributed by atoms with E-state index in [1.807, 2.05) is 0 Å². The van der Waals surface area contributed by atoms with Crippen molar-refractivity contribution in [1.29, 1.82) is 0 Å². The van der Waals surface area contributed by atoms with Crippen LogP contribution in [0.1, 0.15) is 19.8 Å². The summed E-state index contributed by atoms with van der Waals surface area (Å²) in [6, 6.07) is 0. The van der Waals surface area contributed by atoms with Gasteiger partial charge >= 0.3 is 0 Å². The van der Waals surface area contributed by atoms with Crippen LogP contribution in [0, 0.1) is 0 Å². The molecule has 0 spiro atoms. The van der Waals surface area contributed by atoms with Crippen LogP contribution in [-0.4, -0.2) is 66.9 Å². The molecule has 17 heavy (non-hydrogen) atoms. The number of hydrogen-bond donors (Lipinski definition) is 1. The van der Waals surface area contributed by atoms with Crippen LogP contribution in [0.5, 0.6) is 0 Å². The molecule has 0 amide bonds. The smallest absolute Gasteiger partial charge is 0.169 e. The maximum absolute atomic E-state index is 5.58. The van der Waals surface area contributed by atoms with E-state index in [0.29, 0.717) is 6.10 Å². The predicted molar refractivity (Wildman–Crippen MR) is 73.3 cm³/mol. The lowest BCUT2D eigenvalue weighted by Crippen LogP contribution is -2.52. The van der Waals surface area contributed by atoms with Gasteiger partial charge in [-0.2, -0.15) is 0 Å². The van der Waals surface area contributed by atoms with Gasteiger partial charge in [-0.15, -0.1) is 0 Å². The average molecular weight is 257 g/mol. The third-order valence-corrected chi connectivity index (χ3v) is 4.01. The van der Waals surface area contributed by atoms with Crippen molar-refractivity contribution in [3.63, 3.8) is 0 Å². The zero-order chi connectivity index (χ0) is 12.1. The molecule has 4 nitrogen and oxygen atoms in total. The van der Waals surface area contributed by atoms with Gasteiger partial charge in [-0.3, -0.25) is 0 Å². The van der Waals surface area contributed by atoms with E-state index < -0.39 is 0 Å². The normalized spacial score (nSPS) is 26.2. The van der Waals surface area contributed by atoms with Crippen LogP contribution in [0.15, 0.2) is 0 Å². The fourth-order valence-electron chi connectivity index (χ4n) is 2.39. The Balaban J connectivity index is 1.66. The van der Waals surface area contributed by atoms with Crippen LogP contribution < -0.4 is 5.32 Å². The molecule has 2 aliphatic rings. The van der Waals surface area contributed by atoms with Gasteiger partial charge in [0.25, 0.3) is 0 Å². The van der Waals surface area contributed by atoms with E-state index in [0.717, 1.165) is 51.0 Å². The highest BCUT2D eigenvalue weighted by atomic mass is 32.1. The van der Waals surface area contributed by atoms with Crippen LogP contribution in [0.2, 0.25) is 0 Å². The minimum absolute atomic E-state index is 0.366. The van der Waals surface area contributed by atoms with Crippen LogP contribution in [-0.2, 0) is 4.74 Å². The molecule has 0 aliphatic carbocycles. The summed E-state index contributed by atoms with van der Waals surface area (Å²) in [4.78, 5) is 4.73. The van der Waals surface area contributed by atoms with Crippen molar-refractivity contribution >= 4 is 17.3 Å². The Kier molecular flexibility index (Phi) is 5.00. The lowest BCUT2D eigenvalue weighted by Gasteiger charge is -2.35. The number of piperazine rings is 1. The molecule has 0 aromatic carbocycles. The van der Waals surface area contributed by atoms with E-state index in [2.05, 4.69) is 22.0 Å². The quantitative estimate of drug-likeness (QED) is 0.751. The highest BCUT2D eigenvalue weighted by Crippen LogP contribution is 2.10. The van der Waals surface area contributed by atoms with E-state index in [9.17, 15) is 0 Å². The van der Waals surface area contributed by atoms with Crippen LogP contribution in [0.25, 0.3) is 0 Å². The first-order valence-corrected chi connectivity index (χ1v) is 7.07. The van der Waals surface area contributed by atoms with Gasteiger partial charge in [0, 0.05) is 39.3 Å². The molecule has 2 heterocycles. The van der Waals surface area contributed by atoms with E-state index >= 15 is 0 Å². The average Bonchev–Trinajstić information content (AvgIpc) is 2.89. The first-order chi connectivity index (χ1) is 8.29. The van der Waals surface area contributed by atoms with Crippen molar-refractivity contribution in [2.24, 2.45) is 0 Å². The number of hydrogen-bond acceptors (Lipinski definition) is 3. The number of ether oxygens (including phenoxy) is 1. The molecule has 5 heteroatoms. The minimum atomic E-state index is 0.366. The summed E-state index contributed by atoms with van der Waals surface area (Å²) < 4.78 is 5.58. The predicted octanol–water partition coefficient (Wildman–Crippen LogP) is 0.677. The first-order valence-electron chi connectivity index (χ1n) is 6.66. The SMILES string of the molecule is CCN1CCN(C(=S)NC[C@H]2CCCO2)CC1. The Morgan fingerprint density at radius 1 is 1.35 bits per heavy atom. The molecule has 0 unspecified atom stereocenters. The summed E-state index contributed by atoms with van der Waals surface area (Å²) in [6.07, 6.45) is 2.72. The molecule has 2 saturated heterocycles. The fraction of sp³-hybridized carbons (Fsp3) is 0.917. The van der Waals surface area contributed by atoms with E-state index in [4.69, 9.17) is 17.0 Å². The first kappa shape index (κ1) is 13.1. The molecule has 2 rings (SSSR count). The van der Waals surface area contributed by atoms with Gasteiger partial charge in [0.05, 0.1) is 6.10 Å². The van der Waals surface area contributed by atoms with E-state index in [-0.39, 0.29) is 0 Å². The second-order valence-corrected chi connectivity index (χ2v) is 5.13. The fourth-order valence-corrected chi connectivity index (χ4v) is 2.65. The van der Waals surface area contributed by atoms with Gasteiger partial charge in [-0.05, 0) is 31.6 Å². The highest BCUT2D eigenvalue weighted by Gasteiger charge is 2.19. The highest BCUT2D eigenvalue weighted by molar-refractivity contribution is 7.80. The van der Waals surface area contributed by atoms with Crippen molar-refractivity contribution in [2.45, 2.75) is 25.9 Å². The topological polar surface area (TPSA) is 27.7 Å². The summed E-state index contributed by atoms with van der Waals surface area (Å²) in [5, 5.41) is 4.24. The standard InChI is InChI=1S/C12H23N3OS/c1-2-14-5-7-15(8-6-14)12(17)13-10-11-4-3-9-16-11/h11H,2-10H2,1H3,(H,13,17)/t11-/m1/s1. The summed E-state index contributed by atoms with van der Waals surface area (Å²) in [7, 11) is 0. The van der Waals surface area contributed by atoms with Gasteiger partial charge in [-0.1, -0.05) is 6.92 Å². The lowest BCUT2D eigenvalue weighted by molar-refractivity contribution is 0.112. The Labute approximate surface area is 109 Å². The molecule has 0 aromatic heterocycles. The third-order valence-electron chi connectivity index (χ3n) is 3.61. The molecule has 0 radical (unpaired) electrons. The van der Waals surface area contributed by atoms with Crippen LogP contribution in [0.3, 0.4) is 0 Å². The molecule has 0 bridgehead atoms. The van der Waals surface area contributed by atoms with Crippen molar-refractivity contribution in [3.05, 3.63) is 0 Å². The number of nitrogens with one attached hydrogen (secondary N) is 1. The van der Waals surface area contributed by atoms with Crippen molar-refractivity contribution in [1.82, 2.24) is 15.1 Å². The Bertz CT molecular complexity index is 248. The zero-order valence-electron chi connectivity index (χ0n) is 10.7. The van der Waals surface area contributed by atoms with E-state index in [1.54, 1.807) is 0 Å². The van der Waals surface area contributed by atoms with Crippen LogP contribution in [0.4, 0.5) is 0 Å². The Hall–Kier alpha value is -0.390. The molecule has 1 atom stereocenters. The van der Waals surface area contributed by atoms with Crippen molar-refractivity contribution < 1.29 is 4.74 Å². The summed E-state index contributed by atoms with van der Waals surface area (Å²) in [6.45, 7) is 9.47. The third kappa shape index (κ3) is 3.79.